The highest BCUT2D eigenvalue weighted by Gasteiger charge is 2.25. The van der Waals surface area contributed by atoms with Crippen LogP contribution in [0.25, 0.3) is 22.0 Å². The lowest BCUT2D eigenvalue weighted by Gasteiger charge is -2.33. The zero-order valence-corrected chi connectivity index (χ0v) is 25.3. The number of nitrogens with two attached hydrogens (primary N) is 1. The first-order valence-electron chi connectivity index (χ1n) is 13.7. The maximum atomic E-state index is 13.4. The first kappa shape index (κ1) is 29.6. The summed E-state index contributed by atoms with van der Waals surface area (Å²) in [5, 5.41) is 4.72. The van der Waals surface area contributed by atoms with Gasteiger partial charge in [0.2, 0.25) is 11.9 Å². The number of nitrogen functional groups attached to an aromatic ring is 1. The molecule has 0 spiro atoms. The highest BCUT2D eigenvalue weighted by atomic mass is 35.5. The van der Waals surface area contributed by atoms with Crippen molar-refractivity contribution in [3.05, 3.63) is 81.8 Å². The lowest BCUT2D eigenvalue weighted by atomic mass is 9.99. The molecule has 5 rings (SSSR count). The standard InChI is InChI=1S/C31H33Cl2N7O2/c1-38(2)30(42)26(17-19-7-9-20(10-8-19)22-5-4-6-24(32)27(22)33)35-29(41)21-11-12-23-25(18-21)36-31(34)37-28(23)40-15-13-39(3)14-16-40/h4-12,18,26H,13-17H2,1-3H3,(H,35,41)(H2,34,36,37). The predicted octanol–water partition coefficient (Wildman–Crippen LogP) is 4.37. The second kappa shape index (κ2) is 12.5. The normalized spacial score (nSPS) is 14.5. The van der Waals surface area contributed by atoms with E-state index < -0.39 is 6.04 Å². The van der Waals surface area contributed by atoms with Crippen LogP contribution in [0.2, 0.25) is 10.0 Å². The number of halogens is 2. The van der Waals surface area contributed by atoms with Crippen molar-refractivity contribution in [1.82, 2.24) is 25.1 Å². The molecule has 0 saturated carbocycles. The van der Waals surface area contributed by atoms with Crippen LogP contribution in [0.15, 0.2) is 60.7 Å². The van der Waals surface area contributed by atoms with E-state index in [-0.39, 0.29) is 17.8 Å². The van der Waals surface area contributed by atoms with Gasteiger partial charge in [0, 0.05) is 63.2 Å². The lowest BCUT2D eigenvalue weighted by molar-refractivity contribution is -0.130. The molecule has 11 heteroatoms. The number of benzene rings is 3. The molecule has 4 aromatic rings. The Kier molecular flexibility index (Phi) is 8.82. The number of aromatic nitrogens is 2. The van der Waals surface area contributed by atoms with E-state index in [0.717, 1.165) is 54.1 Å². The number of rotatable bonds is 7. The Morgan fingerprint density at radius 1 is 1.00 bits per heavy atom. The molecule has 3 N–H and O–H groups in total. The number of hydrogen-bond acceptors (Lipinski definition) is 7. The summed E-state index contributed by atoms with van der Waals surface area (Å²) in [6.07, 6.45) is 0.308. The molecule has 1 unspecified atom stereocenters. The van der Waals surface area contributed by atoms with Crippen LogP contribution < -0.4 is 16.0 Å². The molecule has 9 nitrogen and oxygen atoms in total. The number of nitrogens with zero attached hydrogens (tertiary/aromatic N) is 5. The molecule has 42 heavy (non-hydrogen) atoms. The number of piperazine rings is 1. The fraction of sp³-hybridized carbons (Fsp3) is 0.290. The van der Waals surface area contributed by atoms with Crippen molar-refractivity contribution in [2.75, 3.05) is 58.0 Å². The van der Waals surface area contributed by atoms with Crippen molar-refractivity contribution in [1.29, 1.82) is 0 Å². The van der Waals surface area contributed by atoms with Crippen LogP contribution >= 0.6 is 23.2 Å². The summed E-state index contributed by atoms with van der Waals surface area (Å²) in [5.41, 5.74) is 9.63. The van der Waals surface area contributed by atoms with Crippen molar-refractivity contribution < 1.29 is 9.59 Å². The summed E-state index contributed by atoms with van der Waals surface area (Å²) < 4.78 is 0. The second-order valence-electron chi connectivity index (χ2n) is 10.7. The van der Waals surface area contributed by atoms with Crippen molar-refractivity contribution >= 4 is 57.7 Å². The number of hydrogen-bond donors (Lipinski definition) is 2. The maximum Gasteiger partial charge on any atom is 0.252 e. The molecular formula is C31H33Cl2N7O2. The third kappa shape index (κ3) is 6.43. The number of carbonyl (C=O) groups excluding carboxylic acids is 2. The quantitative estimate of drug-likeness (QED) is 0.322. The lowest BCUT2D eigenvalue weighted by Crippen LogP contribution is -2.47. The van der Waals surface area contributed by atoms with Crippen LogP contribution in [0.5, 0.6) is 0 Å². The predicted molar refractivity (Wildman–Crippen MR) is 169 cm³/mol. The van der Waals surface area contributed by atoms with Gasteiger partial charge in [0.25, 0.3) is 5.91 Å². The molecule has 1 atom stereocenters. The molecular weight excluding hydrogens is 573 g/mol. The molecule has 1 saturated heterocycles. The van der Waals surface area contributed by atoms with Crippen molar-refractivity contribution in [2.45, 2.75) is 12.5 Å². The smallest absolute Gasteiger partial charge is 0.252 e. The number of amides is 2. The number of likely N-dealkylation sites (N-methyl/N-ethyl adjacent to an activating group) is 2. The van der Waals surface area contributed by atoms with Crippen LogP contribution in [0, 0.1) is 0 Å². The minimum Gasteiger partial charge on any atom is -0.368 e. The van der Waals surface area contributed by atoms with Crippen LogP contribution in [0.1, 0.15) is 15.9 Å². The van der Waals surface area contributed by atoms with Crippen LogP contribution in [0.3, 0.4) is 0 Å². The molecule has 1 fully saturated rings. The first-order valence-corrected chi connectivity index (χ1v) is 14.4. The van der Waals surface area contributed by atoms with Gasteiger partial charge in [0.15, 0.2) is 0 Å². The molecule has 1 aromatic heterocycles. The maximum absolute atomic E-state index is 13.4. The average Bonchev–Trinajstić information content (AvgIpc) is 2.98. The minimum atomic E-state index is -0.778. The Labute approximate surface area is 255 Å². The Morgan fingerprint density at radius 2 is 1.71 bits per heavy atom. The molecule has 0 bridgehead atoms. The third-order valence-electron chi connectivity index (χ3n) is 7.46. The van der Waals surface area contributed by atoms with Gasteiger partial charge in [-0.05, 0) is 42.4 Å². The average molecular weight is 607 g/mol. The van der Waals surface area contributed by atoms with E-state index in [4.69, 9.17) is 28.9 Å². The van der Waals surface area contributed by atoms with E-state index in [1.54, 1.807) is 32.3 Å². The summed E-state index contributed by atoms with van der Waals surface area (Å²) in [6, 6.07) is 17.7. The van der Waals surface area contributed by atoms with Crippen molar-refractivity contribution in [3.63, 3.8) is 0 Å². The van der Waals surface area contributed by atoms with Gasteiger partial charge in [-0.25, -0.2) is 4.98 Å². The van der Waals surface area contributed by atoms with Gasteiger partial charge < -0.3 is 25.8 Å². The SMILES string of the molecule is CN1CCN(c2nc(N)nc3cc(C(=O)NC(Cc4ccc(-c5cccc(Cl)c5Cl)cc4)C(=O)N(C)C)ccc23)CC1. The fourth-order valence-corrected chi connectivity index (χ4v) is 5.48. The molecule has 218 valence electrons. The van der Waals surface area contributed by atoms with Crippen LogP contribution in [0.4, 0.5) is 11.8 Å². The fourth-order valence-electron chi connectivity index (χ4n) is 5.07. The van der Waals surface area contributed by atoms with E-state index in [1.807, 2.05) is 42.5 Å². The summed E-state index contributed by atoms with van der Waals surface area (Å²) in [7, 11) is 5.43. The van der Waals surface area contributed by atoms with E-state index in [9.17, 15) is 9.59 Å². The molecule has 1 aliphatic heterocycles. The van der Waals surface area contributed by atoms with E-state index in [1.165, 1.54) is 4.90 Å². The Morgan fingerprint density at radius 3 is 2.40 bits per heavy atom. The van der Waals surface area contributed by atoms with Crippen molar-refractivity contribution in [2.24, 2.45) is 0 Å². The molecule has 0 radical (unpaired) electrons. The first-order chi connectivity index (χ1) is 20.1. The highest BCUT2D eigenvalue weighted by molar-refractivity contribution is 6.43. The van der Waals surface area contributed by atoms with Gasteiger partial charge in [-0.3, -0.25) is 9.59 Å². The summed E-state index contributed by atoms with van der Waals surface area (Å²) >= 11 is 12.6. The Balaban J connectivity index is 1.36. The van der Waals surface area contributed by atoms with Crippen LogP contribution in [-0.2, 0) is 11.2 Å². The molecule has 2 heterocycles. The van der Waals surface area contributed by atoms with Crippen LogP contribution in [-0.4, -0.2) is 84.9 Å². The third-order valence-corrected chi connectivity index (χ3v) is 8.28. The van der Waals surface area contributed by atoms with Gasteiger partial charge in [0.05, 0.1) is 15.6 Å². The van der Waals surface area contributed by atoms with Gasteiger partial charge in [-0.2, -0.15) is 4.98 Å². The Bertz CT molecular complexity index is 1620. The summed E-state index contributed by atoms with van der Waals surface area (Å²) in [4.78, 5) is 41.4. The van der Waals surface area contributed by atoms with E-state index >= 15 is 0 Å². The zero-order chi connectivity index (χ0) is 30.0. The topological polar surface area (TPSA) is 108 Å². The molecule has 1 aliphatic rings. The van der Waals surface area contributed by atoms with Gasteiger partial charge in [0.1, 0.15) is 11.9 Å². The van der Waals surface area contributed by atoms with E-state index in [2.05, 4.69) is 32.1 Å². The second-order valence-corrected chi connectivity index (χ2v) is 11.5. The summed E-state index contributed by atoms with van der Waals surface area (Å²) in [6.45, 7) is 3.49. The minimum absolute atomic E-state index is 0.150. The van der Waals surface area contributed by atoms with Crippen molar-refractivity contribution in [3.8, 4) is 11.1 Å². The Hall–Kier alpha value is -3.92. The molecule has 0 aliphatic carbocycles. The number of nitrogens with one attached hydrogen (secondary N) is 1. The monoisotopic (exact) mass is 605 g/mol. The number of carbonyl (C=O) groups is 2. The number of anilines is 2. The zero-order valence-electron chi connectivity index (χ0n) is 23.8. The largest absolute Gasteiger partial charge is 0.368 e. The van der Waals surface area contributed by atoms with Gasteiger partial charge >= 0.3 is 0 Å². The highest BCUT2D eigenvalue weighted by Crippen LogP contribution is 2.33. The molecule has 2 amide bonds. The van der Waals surface area contributed by atoms with E-state index in [0.29, 0.717) is 27.5 Å². The number of fused-ring (bicyclic) bond motifs is 1. The summed E-state index contributed by atoms with van der Waals surface area (Å²) in [5.74, 6) is 0.325. The van der Waals surface area contributed by atoms with Gasteiger partial charge in [-0.15, -0.1) is 0 Å². The molecule has 3 aromatic carbocycles. The van der Waals surface area contributed by atoms with Gasteiger partial charge in [-0.1, -0.05) is 59.6 Å².